The molecule has 3 rings (SSSR count). The zero-order chi connectivity index (χ0) is 15.1. The minimum absolute atomic E-state index is 0.320. The molecule has 0 saturated carbocycles. The molecule has 0 aromatic heterocycles. The smallest absolute Gasteiger partial charge is 0.310 e. The molecule has 2 N–H and O–H groups in total. The first-order valence-electron chi connectivity index (χ1n) is 6.61. The molecular weight excluding hydrogens is 317 g/mol. The summed E-state index contributed by atoms with van der Waals surface area (Å²) < 4.78 is 5.57. The highest BCUT2D eigenvalue weighted by Crippen LogP contribution is 2.44. The van der Waals surface area contributed by atoms with Gasteiger partial charge in [0, 0.05) is 5.69 Å². The number of ether oxygens (including phenoxy) is 1. The summed E-state index contributed by atoms with van der Waals surface area (Å²) in [5, 5.41) is 12.7. The van der Waals surface area contributed by atoms with Crippen molar-refractivity contribution in [3.63, 3.8) is 0 Å². The van der Waals surface area contributed by atoms with Gasteiger partial charge >= 0.3 is 5.97 Å². The lowest BCUT2D eigenvalue weighted by atomic mass is 9.78. The second-order valence-corrected chi connectivity index (χ2v) is 6.11. The molecule has 0 unspecified atom stereocenters. The predicted molar refractivity (Wildman–Crippen MR) is 77.6 cm³/mol. The number of fused-ring (bicyclic) bond motifs is 2. The van der Waals surface area contributed by atoms with Gasteiger partial charge in [-0.05, 0) is 31.0 Å². The van der Waals surface area contributed by atoms with Crippen molar-refractivity contribution in [2.45, 2.75) is 25.0 Å². The summed E-state index contributed by atoms with van der Waals surface area (Å²) in [6.07, 6.45) is 0.724. The fraction of sp³-hybridized carbons (Fsp3) is 0.429. The number of hydrogen-bond donors (Lipinski definition) is 2. The highest BCUT2D eigenvalue weighted by Gasteiger charge is 2.55. The van der Waals surface area contributed by atoms with Crippen molar-refractivity contribution in [3.05, 3.63) is 28.2 Å². The third-order valence-electron chi connectivity index (χ3n) is 4.05. The average molecular weight is 330 g/mol. The lowest BCUT2D eigenvalue weighted by molar-refractivity contribution is -0.147. The standard InChI is InChI=1S/C14H13Cl2NO4/c15-7-2-1-6(5-8(7)16)17-13(18)11-9-3-4-10(21-9)12(11)14(19)20/h1-2,5,9-12H,3-4H2,(H,17,18)(H,19,20)/t9-,10+,11-,12+/m0/s1. The molecule has 21 heavy (non-hydrogen) atoms. The number of amides is 1. The van der Waals surface area contributed by atoms with E-state index in [-0.39, 0.29) is 18.1 Å². The maximum absolute atomic E-state index is 12.4. The molecule has 0 radical (unpaired) electrons. The summed E-state index contributed by atoms with van der Waals surface area (Å²) in [5.41, 5.74) is 0.487. The van der Waals surface area contributed by atoms with Crippen molar-refractivity contribution in [3.8, 4) is 0 Å². The second-order valence-electron chi connectivity index (χ2n) is 5.30. The molecule has 4 atom stereocenters. The first-order chi connectivity index (χ1) is 9.97. The van der Waals surface area contributed by atoms with Crippen molar-refractivity contribution < 1.29 is 19.4 Å². The van der Waals surface area contributed by atoms with Gasteiger partial charge in [-0.25, -0.2) is 0 Å². The van der Waals surface area contributed by atoms with Crippen LogP contribution in [0, 0.1) is 11.8 Å². The number of carbonyl (C=O) groups excluding carboxylic acids is 1. The largest absolute Gasteiger partial charge is 0.481 e. The molecule has 1 aromatic rings. The molecule has 2 aliphatic rings. The van der Waals surface area contributed by atoms with Crippen molar-refractivity contribution in [1.29, 1.82) is 0 Å². The zero-order valence-corrected chi connectivity index (χ0v) is 12.4. The third-order valence-corrected chi connectivity index (χ3v) is 4.79. The first kappa shape index (κ1) is 14.6. The molecule has 7 heteroatoms. The number of hydrogen-bond acceptors (Lipinski definition) is 3. The minimum Gasteiger partial charge on any atom is -0.481 e. The number of anilines is 1. The molecule has 2 saturated heterocycles. The van der Waals surface area contributed by atoms with Crippen molar-refractivity contribution in [2.75, 3.05) is 5.32 Å². The van der Waals surface area contributed by atoms with E-state index in [0.717, 1.165) is 0 Å². The van der Waals surface area contributed by atoms with Crippen LogP contribution in [0.15, 0.2) is 18.2 Å². The Bertz CT molecular complexity index is 607. The molecule has 0 aliphatic carbocycles. The van der Waals surface area contributed by atoms with E-state index in [4.69, 9.17) is 27.9 Å². The zero-order valence-electron chi connectivity index (χ0n) is 10.9. The van der Waals surface area contributed by atoms with E-state index in [1.54, 1.807) is 12.1 Å². The van der Waals surface area contributed by atoms with Crippen LogP contribution in [0.25, 0.3) is 0 Å². The molecule has 2 aliphatic heterocycles. The molecule has 2 fully saturated rings. The van der Waals surface area contributed by atoms with Crippen LogP contribution in [0.3, 0.4) is 0 Å². The van der Waals surface area contributed by atoms with Crippen molar-refractivity contribution in [2.24, 2.45) is 11.8 Å². The number of carboxylic acid groups (broad SMARTS) is 1. The summed E-state index contributed by atoms with van der Waals surface area (Å²) >= 11 is 11.7. The van der Waals surface area contributed by atoms with E-state index in [9.17, 15) is 14.7 Å². The van der Waals surface area contributed by atoms with Gasteiger partial charge in [0.15, 0.2) is 0 Å². The van der Waals surface area contributed by atoms with E-state index < -0.39 is 17.8 Å². The van der Waals surface area contributed by atoms with Gasteiger partial charge < -0.3 is 15.2 Å². The van der Waals surface area contributed by atoms with Gasteiger partial charge in [-0.2, -0.15) is 0 Å². The fourth-order valence-electron chi connectivity index (χ4n) is 3.12. The fourth-order valence-corrected chi connectivity index (χ4v) is 3.42. The van der Waals surface area contributed by atoms with Crippen LogP contribution in [0.5, 0.6) is 0 Å². The van der Waals surface area contributed by atoms with Gasteiger partial charge in [0.25, 0.3) is 0 Å². The number of rotatable bonds is 3. The summed E-state index contributed by atoms with van der Waals surface area (Å²) in [4.78, 5) is 23.7. The second kappa shape index (κ2) is 5.48. The third kappa shape index (κ3) is 2.61. The van der Waals surface area contributed by atoms with E-state index in [0.29, 0.717) is 28.6 Å². The van der Waals surface area contributed by atoms with Crippen LogP contribution < -0.4 is 5.32 Å². The summed E-state index contributed by atoms with van der Waals surface area (Å²) in [6.45, 7) is 0. The summed E-state index contributed by atoms with van der Waals surface area (Å²) in [6, 6.07) is 4.73. The van der Waals surface area contributed by atoms with Crippen LogP contribution >= 0.6 is 23.2 Å². The van der Waals surface area contributed by atoms with Crippen molar-refractivity contribution >= 4 is 40.8 Å². The Kier molecular flexibility index (Phi) is 3.82. The van der Waals surface area contributed by atoms with Gasteiger partial charge in [0.2, 0.25) is 5.91 Å². The first-order valence-corrected chi connectivity index (χ1v) is 7.37. The molecular formula is C14H13Cl2NO4. The Labute approximate surface area is 131 Å². The van der Waals surface area contributed by atoms with E-state index >= 15 is 0 Å². The van der Waals surface area contributed by atoms with Gasteiger partial charge in [0.1, 0.15) is 0 Å². The molecule has 1 amide bonds. The molecule has 0 spiro atoms. The van der Waals surface area contributed by atoms with Crippen molar-refractivity contribution in [1.82, 2.24) is 0 Å². The van der Waals surface area contributed by atoms with E-state index in [2.05, 4.69) is 5.32 Å². The highest BCUT2D eigenvalue weighted by atomic mass is 35.5. The number of halogens is 2. The number of aliphatic carboxylic acids is 1. The molecule has 2 bridgehead atoms. The SMILES string of the molecule is O=C(Nc1ccc(Cl)c(Cl)c1)[C@@H]1[C@H](C(=O)O)[C@H]2CC[C@@H]1O2. The van der Waals surface area contributed by atoms with Crippen LogP contribution in [-0.2, 0) is 14.3 Å². The number of nitrogens with one attached hydrogen (secondary N) is 1. The molecule has 112 valence electrons. The number of carbonyl (C=O) groups is 2. The van der Waals surface area contributed by atoms with Gasteiger partial charge in [-0.1, -0.05) is 23.2 Å². The lowest BCUT2D eigenvalue weighted by Gasteiger charge is -2.23. The average Bonchev–Trinajstić information content (AvgIpc) is 3.03. The number of benzene rings is 1. The quantitative estimate of drug-likeness (QED) is 0.894. The summed E-state index contributed by atoms with van der Waals surface area (Å²) in [7, 11) is 0. The van der Waals surface area contributed by atoms with Gasteiger partial charge in [0.05, 0.1) is 34.1 Å². The predicted octanol–water partition coefficient (Wildman–Crippen LogP) is 2.81. The Morgan fingerprint density at radius 3 is 2.43 bits per heavy atom. The molecule has 5 nitrogen and oxygen atoms in total. The van der Waals surface area contributed by atoms with E-state index in [1.807, 2.05) is 0 Å². The Hall–Kier alpha value is -1.30. The minimum atomic E-state index is -0.989. The highest BCUT2D eigenvalue weighted by molar-refractivity contribution is 6.42. The van der Waals surface area contributed by atoms with Crippen LogP contribution in [0.2, 0.25) is 10.0 Å². The van der Waals surface area contributed by atoms with Crippen LogP contribution in [0.4, 0.5) is 5.69 Å². The Balaban J connectivity index is 1.78. The molecule has 2 heterocycles. The monoisotopic (exact) mass is 329 g/mol. The Morgan fingerprint density at radius 1 is 1.14 bits per heavy atom. The normalized spacial score (nSPS) is 30.4. The topological polar surface area (TPSA) is 75.6 Å². The summed E-state index contributed by atoms with van der Waals surface area (Å²) in [5.74, 6) is -2.80. The Morgan fingerprint density at radius 2 is 1.81 bits per heavy atom. The maximum Gasteiger partial charge on any atom is 0.310 e. The van der Waals surface area contributed by atoms with Gasteiger partial charge in [-0.3, -0.25) is 9.59 Å². The lowest BCUT2D eigenvalue weighted by Crippen LogP contribution is -2.40. The van der Waals surface area contributed by atoms with Crippen LogP contribution in [0.1, 0.15) is 12.8 Å². The molecule has 1 aromatic carbocycles. The van der Waals surface area contributed by atoms with Crippen LogP contribution in [-0.4, -0.2) is 29.2 Å². The maximum atomic E-state index is 12.4. The number of carboxylic acids is 1. The van der Waals surface area contributed by atoms with Gasteiger partial charge in [-0.15, -0.1) is 0 Å². The van der Waals surface area contributed by atoms with E-state index in [1.165, 1.54) is 6.07 Å².